The average molecular weight is 434 g/mol. The Labute approximate surface area is 190 Å². The number of methoxy groups -OCH3 is 1. The van der Waals surface area contributed by atoms with Crippen LogP contribution < -0.4 is 4.74 Å². The number of carbonyl (C=O) groups is 2. The van der Waals surface area contributed by atoms with Crippen LogP contribution in [0, 0.1) is 0 Å². The van der Waals surface area contributed by atoms with E-state index in [-0.39, 0.29) is 17.9 Å². The Morgan fingerprint density at radius 3 is 2.31 bits per heavy atom. The van der Waals surface area contributed by atoms with Crippen LogP contribution in [0.4, 0.5) is 0 Å². The summed E-state index contributed by atoms with van der Waals surface area (Å²) in [4.78, 5) is 33.0. The highest BCUT2D eigenvalue weighted by Gasteiger charge is 2.43. The predicted octanol–water partition coefficient (Wildman–Crippen LogP) is 3.04. The van der Waals surface area contributed by atoms with Crippen molar-refractivity contribution < 1.29 is 14.3 Å². The molecular formula is C26H31N3O3. The molecule has 2 heterocycles. The second kappa shape index (κ2) is 9.57. The molecule has 2 aliphatic heterocycles. The van der Waals surface area contributed by atoms with Gasteiger partial charge >= 0.3 is 0 Å². The van der Waals surface area contributed by atoms with E-state index in [0.717, 1.165) is 31.5 Å². The molecule has 2 aliphatic rings. The van der Waals surface area contributed by atoms with Crippen LogP contribution in [0.1, 0.15) is 24.0 Å². The summed E-state index contributed by atoms with van der Waals surface area (Å²) in [6.07, 6.45) is 2.55. The molecule has 0 aromatic heterocycles. The lowest BCUT2D eigenvalue weighted by atomic mass is 9.99. The fraction of sp³-hybridized carbons (Fsp3) is 0.385. The van der Waals surface area contributed by atoms with Gasteiger partial charge in [-0.15, -0.1) is 0 Å². The first-order valence-electron chi connectivity index (χ1n) is 11.2. The van der Waals surface area contributed by atoms with E-state index in [4.69, 9.17) is 4.74 Å². The summed E-state index contributed by atoms with van der Waals surface area (Å²) in [7, 11) is 5.66. The highest BCUT2D eigenvalue weighted by atomic mass is 16.5. The fourth-order valence-corrected chi connectivity index (χ4v) is 4.64. The Balaban J connectivity index is 1.69. The number of piperidine rings is 1. The lowest BCUT2D eigenvalue weighted by Crippen LogP contribution is -2.43. The van der Waals surface area contributed by atoms with E-state index < -0.39 is 0 Å². The SMILES string of the molecule is COc1ccccc1C1=C(N(C)C2CCN(C)CC2)C(=O)N(CCc2ccccc2)C1=O. The highest BCUT2D eigenvalue weighted by Crippen LogP contribution is 2.37. The largest absolute Gasteiger partial charge is 0.496 e. The molecule has 4 rings (SSSR count). The molecule has 32 heavy (non-hydrogen) atoms. The third kappa shape index (κ3) is 4.28. The maximum atomic E-state index is 13.6. The summed E-state index contributed by atoms with van der Waals surface area (Å²) < 4.78 is 5.55. The van der Waals surface area contributed by atoms with Crippen molar-refractivity contribution in [2.24, 2.45) is 0 Å². The van der Waals surface area contributed by atoms with Crippen LogP contribution in [0.2, 0.25) is 0 Å². The van der Waals surface area contributed by atoms with Crippen LogP contribution in [-0.4, -0.2) is 73.4 Å². The molecule has 1 fully saturated rings. The van der Waals surface area contributed by atoms with Crippen molar-refractivity contribution in [2.75, 3.05) is 40.8 Å². The number of benzene rings is 2. The maximum absolute atomic E-state index is 13.6. The zero-order valence-electron chi connectivity index (χ0n) is 19.1. The van der Waals surface area contributed by atoms with Gasteiger partial charge in [0.05, 0.1) is 12.7 Å². The summed E-state index contributed by atoms with van der Waals surface area (Å²) in [6.45, 7) is 2.31. The first-order valence-corrected chi connectivity index (χ1v) is 11.2. The topological polar surface area (TPSA) is 53.1 Å². The monoisotopic (exact) mass is 433 g/mol. The van der Waals surface area contributed by atoms with E-state index in [1.807, 2.05) is 66.5 Å². The molecule has 2 aromatic carbocycles. The van der Waals surface area contributed by atoms with Crippen LogP contribution in [0.5, 0.6) is 5.75 Å². The van der Waals surface area contributed by atoms with Crippen LogP contribution >= 0.6 is 0 Å². The van der Waals surface area contributed by atoms with Crippen LogP contribution in [0.3, 0.4) is 0 Å². The van der Waals surface area contributed by atoms with E-state index in [0.29, 0.717) is 35.5 Å². The van der Waals surface area contributed by atoms with Crippen molar-refractivity contribution in [1.29, 1.82) is 0 Å². The molecule has 168 valence electrons. The molecular weight excluding hydrogens is 402 g/mol. The van der Waals surface area contributed by atoms with Crippen molar-refractivity contribution >= 4 is 17.4 Å². The minimum Gasteiger partial charge on any atom is -0.496 e. The molecule has 6 heteroatoms. The molecule has 0 saturated carbocycles. The second-order valence-electron chi connectivity index (χ2n) is 8.57. The minimum absolute atomic E-state index is 0.215. The van der Waals surface area contributed by atoms with Gasteiger partial charge in [-0.05, 0) is 51.0 Å². The first-order chi connectivity index (χ1) is 15.5. The number of ether oxygens (including phenoxy) is 1. The normalized spacial score (nSPS) is 17.9. The molecule has 6 nitrogen and oxygen atoms in total. The van der Waals surface area contributed by atoms with Crippen LogP contribution in [0.15, 0.2) is 60.3 Å². The van der Waals surface area contributed by atoms with Crippen molar-refractivity contribution in [3.63, 3.8) is 0 Å². The number of amides is 2. The van der Waals surface area contributed by atoms with Gasteiger partial charge in [-0.3, -0.25) is 14.5 Å². The molecule has 0 spiro atoms. The number of likely N-dealkylation sites (tertiary alicyclic amines) is 1. The lowest BCUT2D eigenvalue weighted by Gasteiger charge is -2.36. The van der Waals surface area contributed by atoms with Crippen LogP contribution in [0.25, 0.3) is 5.57 Å². The quantitative estimate of drug-likeness (QED) is 0.629. The number of likely N-dealkylation sites (N-methyl/N-ethyl adjacent to an activating group) is 1. The number of imide groups is 1. The number of nitrogens with zero attached hydrogens (tertiary/aromatic N) is 3. The summed E-state index contributed by atoms with van der Waals surface area (Å²) in [5.74, 6) is 0.140. The number of rotatable bonds is 7. The van der Waals surface area contributed by atoms with Gasteiger partial charge in [0.2, 0.25) is 0 Å². The number of hydrogen-bond donors (Lipinski definition) is 0. The molecule has 0 N–H and O–H groups in total. The van der Waals surface area contributed by atoms with Crippen molar-refractivity contribution in [3.8, 4) is 5.75 Å². The standard InChI is InChI=1S/C26H31N3O3/c1-27-16-14-20(15-17-27)28(2)24-23(21-11-7-8-12-22(21)32-3)25(30)29(26(24)31)18-13-19-9-5-4-6-10-19/h4-12,20H,13-18H2,1-3H3. The zero-order chi connectivity index (χ0) is 22.7. The Hall–Kier alpha value is -3.12. The van der Waals surface area contributed by atoms with E-state index in [9.17, 15) is 9.59 Å². The lowest BCUT2D eigenvalue weighted by molar-refractivity contribution is -0.137. The van der Waals surface area contributed by atoms with Gasteiger partial charge in [0.15, 0.2) is 0 Å². The zero-order valence-corrected chi connectivity index (χ0v) is 19.1. The summed E-state index contributed by atoms with van der Waals surface area (Å²) in [5.41, 5.74) is 2.71. The number of para-hydroxylation sites is 1. The van der Waals surface area contributed by atoms with Crippen molar-refractivity contribution in [2.45, 2.75) is 25.3 Å². The van der Waals surface area contributed by atoms with Gasteiger partial charge in [-0.1, -0.05) is 48.5 Å². The summed E-state index contributed by atoms with van der Waals surface area (Å²) in [6, 6.07) is 17.6. The second-order valence-corrected chi connectivity index (χ2v) is 8.57. The Bertz CT molecular complexity index is 1010. The van der Waals surface area contributed by atoms with Gasteiger partial charge in [0.1, 0.15) is 11.4 Å². The van der Waals surface area contributed by atoms with Crippen molar-refractivity contribution in [3.05, 3.63) is 71.4 Å². The number of hydrogen-bond acceptors (Lipinski definition) is 5. The average Bonchev–Trinajstić information content (AvgIpc) is 3.07. The van der Waals surface area contributed by atoms with Crippen LogP contribution in [-0.2, 0) is 16.0 Å². The van der Waals surface area contributed by atoms with Gasteiger partial charge in [0, 0.05) is 25.2 Å². The number of carbonyl (C=O) groups excluding carboxylic acids is 2. The van der Waals surface area contributed by atoms with E-state index in [2.05, 4.69) is 11.9 Å². The minimum atomic E-state index is -0.245. The third-order valence-electron chi connectivity index (χ3n) is 6.58. The molecule has 2 aromatic rings. The van der Waals surface area contributed by atoms with Gasteiger partial charge in [-0.25, -0.2) is 0 Å². The maximum Gasteiger partial charge on any atom is 0.277 e. The van der Waals surface area contributed by atoms with E-state index >= 15 is 0 Å². The van der Waals surface area contributed by atoms with Crippen molar-refractivity contribution in [1.82, 2.24) is 14.7 Å². The third-order valence-corrected chi connectivity index (χ3v) is 6.58. The molecule has 0 bridgehead atoms. The highest BCUT2D eigenvalue weighted by molar-refractivity contribution is 6.36. The van der Waals surface area contributed by atoms with Gasteiger partial charge in [0.25, 0.3) is 11.8 Å². The smallest absolute Gasteiger partial charge is 0.277 e. The van der Waals surface area contributed by atoms with E-state index in [1.165, 1.54) is 4.90 Å². The molecule has 2 amide bonds. The molecule has 0 aliphatic carbocycles. The predicted molar refractivity (Wildman–Crippen MR) is 125 cm³/mol. The van der Waals surface area contributed by atoms with Gasteiger partial charge in [-0.2, -0.15) is 0 Å². The fourth-order valence-electron chi connectivity index (χ4n) is 4.64. The van der Waals surface area contributed by atoms with Gasteiger partial charge < -0.3 is 14.5 Å². The molecule has 1 saturated heterocycles. The Morgan fingerprint density at radius 1 is 0.969 bits per heavy atom. The summed E-state index contributed by atoms with van der Waals surface area (Å²) >= 11 is 0. The molecule has 0 atom stereocenters. The molecule has 0 unspecified atom stereocenters. The summed E-state index contributed by atoms with van der Waals surface area (Å²) in [5, 5.41) is 0. The van der Waals surface area contributed by atoms with E-state index in [1.54, 1.807) is 7.11 Å². The Morgan fingerprint density at radius 2 is 1.62 bits per heavy atom. The molecule has 0 radical (unpaired) electrons. The Kier molecular flexibility index (Phi) is 6.61. The first kappa shape index (κ1) is 22.1.